The first-order valence-corrected chi connectivity index (χ1v) is 11.4. The Hall–Kier alpha value is -2.00. The summed E-state index contributed by atoms with van der Waals surface area (Å²) in [6.45, 7) is 3.49. The largest absolute Gasteiger partial charge is 0.379 e. The molecule has 1 aliphatic rings. The highest BCUT2D eigenvalue weighted by Crippen LogP contribution is 2.23. The third-order valence-corrected chi connectivity index (χ3v) is 7.16. The van der Waals surface area contributed by atoms with Gasteiger partial charge in [-0.2, -0.15) is 4.31 Å². The van der Waals surface area contributed by atoms with Crippen molar-refractivity contribution < 1.29 is 17.9 Å². The molecule has 2 aromatic rings. The molecule has 0 aromatic heterocycles. The van der Waals surface area contributed by atoms with Crippen LogP contribution in [0.2, 0.25) is 0 Å². The summed E-state index contributed by atoms with van der Waals surface area (Å²) in [4.78, 5) is 14.3. The van der Waals surface area contributed by atoms with E-state index in [0.717, 1.165) is 21.3 Å². The van der Waals surface area contributed by atoms with Gasteiger partial charge in [0.2, 0.25) is 10.0 Å². The van der Waals surface area contributed by atoms with Crippen LogP contribution in [0.25, 0.3) is 6.08 Å². The number of halogens is 1. The Kier molecular flexibility index (Phi) is 6.89. The van der Waals surface area contributed by atoms with E-state index in [0.29, 0.717) is 26.3 Å². The van der Waals surface area contributed by atoms with Crippen LogP contribution >= 0.6 is 15.9 Å². The van der Waals surface area contributed by atoms with E-state index in [1.807, 2.05) is 25.1 Å². The standard InChI is InChI=1S/C21H23BrN2O4S/c1-16-15-18(22)6-9-20(16)23(2)21(25)10-5-17-3-7-19(8-4-17)29(26,27)24-11-13-28-14-12-24/h3-10,15H,11-14H2,1-2H3. The van der Waals surface area contributed by atoms with Gasteiger partial charge in [0.15, 0.2) is 0 Å². The molecule has 0 saturated carbocycles. The number of carbonyl (C=O) groups is 1. The second kappa shape index (κ2) is 9.21. The third-order valence-electron chi connectivity index (χ3n) is 4.76. The van der Waals surface area contributed by atoms with Crippen molar-refractivity contribution in [3.63, 3.8) is 0 Å². The first kappa shape index (κ1) is 21.7. The molecule has 29 heavy (non-hydrogen) atoms. The molecule has 0 unspecified atom stereocenters. The van der Waals surface area contributed by atoms with E-state index in [4.69, 9.17) is 4.74 Å². The molecule has 1 amide bonds. The van der Waals surface area contributed by atoms with Gasteiger partial charge in [0, 0.05) is 36.4 Å². The molecule has 0 spiro atoms. The van der Waals surface area contributed by atoms with Crippen LogP contribution in [0.15, 0.2) is 57.9 Å². The summed E-state index contributed by atoms with van der Waals surface area (Å²) in [6.07, 6.45) is 3.16. The van der Waals surface area contributed by atoms with Crippen LogP contribution in [0.1, 0.15) is 11.1 Å². The van der Waals surface area contributed by atoms with Crippen molar-refractivity contribution in [2.75, 3.05) is 38.3 Å². The Labute approximate surface area is 180 Å². The maximum absolute atomic E-state index is 12.7. The van der Waals surface area contributed by atoms with E-state index in [9.17, 15) is 13.2 Å². The number of sulfonamides is 1. The fourth-order valence-electron chi connectivity index (χ4n) is 3.08. The molecule has 1 heterocycles. The molecular weight excluding hydrogens is 456 g/mol. The first-order valence-electron chi connectivity index (χ1n) is 9.19. The lowest BCUT2D eigenvalue weighted by molar-refractivity contribution is -0.113. The maximum Gasteiger partial charge on any atom is 0.250 e. The van der Waals surface area contributed by atoms with Crippen molar-refractivity contribution in [2.24, 2.45) is 0 Å². The van der Waals surface area contributed by atoms with Gasteiger partial charge >= 0.3 is 0 Å². The number of rotatable bonds is 5. The van der Waals surface area contributed by atoms with Crippen molar-refractivity contribution in [1.82, 2.24) is 4.31 Å². The molecule has 1 fully saturated rings. The molecule has 154 valence electrons. The van der Waals surface area contributed by atoms with E-state index in [1.54, 1.807) is 42.3 Å². The van der Waals surface area contributed by atoms with Gasteiger partial charge < -0.3 is 9.64 Å². The van der Waals surface area contributed by atoms with Gasteiger partial charge in [-0.15, -0.1) is 0 Å². The Morgan fingerprint density at radius 2 is 1.79 bits per heavy atom. The smallest absolute Gasteiger partial charge is 0.250 e. The van der Waals surface area contributed by atoms with Gasteiger partial charge in [-0.1, -0.05) is 28.1 Å². The van der Waals surface area contributed by atoms with Gasteiger partial charge in [-0.05, 0) is 54.5 Å². The molecule has 6 nitrogen and oxygen atoms in total. The third kappa shape index (κ3) is 5.14. The number of morpholine rings is 1. The minimum absolute atomic E-state index is 0.166. The highest BCUT2D eigenvalue weighted by molar-refractivity contribution is 9.10. The van der Waals surface area contributed by atoms with Crippen LogP contribution in [-0.4, -0.2) is 52.0 Å². The molecule has 1 saturated heterocycles. The number of hydrogen-bond acceptors (Lipinski definition) is 4. The molecule has 3 rings (SSSR count). The fraction of sp³-hybridized carbons (Fsp3) is 0.286. The fourth-order valence-corrected chi connectivity index (χ4v) is 4.96. The van der Waals surface area contributed by atoms with Crippen LogP contribution in [0, 0.1) is 6.92 Å². The Bertz CT molecular complexity index is 1010. The topological polar surface area (TPSA) is 66.9 Å². The van der Waals surface area contributed by atoms with Gasteiger partial charge in [-0.25, -0.2) is 8.42 Å². The molecule has 0 bridgehead atoms. The lowest BCUT2D eigenvalue weighted by Gasteiger charge is -2.26. The monoisotopic (exact) mass is 478 g/mol. The second-order valence-electron chi connectivity index (χ2n) is 6.75. The van der Waals surface area contributed by atoms with E-state index in [2.05, 4.69) is 15.9 Å². The summed E-state index contributed by atoms with van der Waals surface area (Å²) in [6, 6.07) is 12.3. The van der Waals surface area contributed by atoms with E-state index < -0.39 is 10.0 Å². The van der Waals surface area contributed by atoms with Gasteiger partial charge in [0.1, 0.15) is 0 Å². The summed E-state index contributed by atoms with van der Waals surface area (Å²) in [7, 11) is -1.79. The Balaban J connectivity index is 1.70. The molecular formula is C21H23BrN2O4S. The zero-order valence-electron chi connectivity index (χ0n) is 16.3. The average Bonchev–Trinajstić information content (AvgIpc) is 2.72. The zero-order valence-corrected chi connectivity index (χ0v) is 18.7. The molecule has 0 radical (unpaired) electrons. The number of nitrogens with zero attached hydrogens (tertiary/aromatic N) is 2. The van der Waals surface area contributed by atoms with Crippen molar-refractivity contribution in [3.05, 3.63) is 64.1 Å². The first-order chi connectivity index (χ1) is 13.8. The Morgan fingerprint density at radius 3 is 2.41 bits per heavy atom. The number of amides is 1. The highest BCUT2D eigenvalue weighted by atomic mass is 79.9. The normalized spacial score (nSPS) is 15.6. The van der Waals surface area contributed by atoms with Crippen LogP contribution in [0.5, 0.6) is 0 Å². The van der Waals surface area contributed by atoms with Crippen LogP contribution in [0.3, 0.4) is 0 Å². The number of carbonyl (C=O) groups excluding carboxylic acids is 1. The van der Waals surface area contributed by atoms with Crippen LogP contribution < -0.4 is 4.90 Å². The van der Waals surface area contributed by atoms with Crippen LogP contribution in [0.4, 0.5) is 5.69 Å². The number of benzene rings is 2. The quantitative estimate of drug-likeness (QED) is 0.617. The molecule has 8 heteroatoms. The summed E-state index contributed by atoms with van der Waals surface area (Å²) >= 11 is 3.42. The predicted octanol–water partition coefficient (Wildman–Crippen LogP) is 3.45. The predicted molar refractivity (Wildman–Crippen MR) is 117 cm³/mol. The molecule has 0 atom stereocenters. The minimum Gasteiger partial charge on any atom is -0.379 e. The summed E-state index contributed by atoms with van der Waals surface area (Å²) in [5.74, 6) is -0.166. The molecule has 0 aliphatic carbocycles. The minimum atomic E-state index is -3.52. The second-order valence-corrected chi connectivity index (χ2v) is 9.60. The van der Waals surface area contributed by atoms with Crippen molar-refractivity contribution >= 4 is 43.6 Å². The number of hydrogen-bond donors (Lipinski definition) is 0. The number of aryl methyl sites for hydroxylation is 1. The highest BCUT2D eigenvalue weighted by Gasteiger charge is 2.25. The number of likely N-dealkylation sites (N-methyl/N-ethyl adjacent to an activating group) is 1. The average molecular weight is 479 g/mol. The van der Waals surface area contributed by atoms with E-state index in [1.165, 1.54) is 10.4 Å². The van der Waals surface area contributed by atoms with Gasteiger partial charge in [0.25, 0.3) is 5.91 Å². The lowest BCUT2D eigenvalue weighted by Crippen LogP contribution is -2.40. The van der Waals surface area contributed by atoms with Crippen LogP contribution in [-0.2, 0) is 19.6 Å². The van der Waals surface area contributed by atoms with Gasteiger partial charge in [0.05, 0.1) is 18.1 Å². The van der Waals surface area contributed by atoms with Gasteiger partial charge in [-0.3, -0.25) is 4.79 Å². The summed E-state index contributed by atoms with van der Waals surface area (Å²) in [5.41, 5.74) is 2.57. The lowest BCUT2D eigenvalue weighted by atomic mass is 10.1. The van der Waals surface area contributed by atoms with E-state index >= 15 is 0 Å². The summed E-state index contributed by atoms with van der Waals surface area (Å²) < 4.78 is 32.9. The van der Waals surface area contributed by atoms with E-state index in [-0.39, 0.29) is 10.8 Å². The van der Waals surface area contributed by atoms with Crippen molar-refractivity contribution in [1.29, 1.82) is 0 Å². The number of anilines is 1. The SMILES string of the molecule is Cc1cc(Br)ccc1N(C)C(=O)C=Cc1ccc(S(=O)(=O)N2CCOCC2)cc1. The van der Waals surface area contributed by atoms with Crippen molar-refractivity contribution in [2.45, 2.75) is 11.8 Å². The molecule has 2 aromatic carbocycles. The number of ether oxygens (including phenoxy) is 1. The Morgan fingerprint density at radius 1 is 1.14 bits per heavy atom. The maximum atomic E-state index is 12.7. The molecule has 0 N–H and O–H groups in total. The zero-order chi connectivity index (χ0) is 21.0. The van der Waals surface area contributed by atoms with Crippen molar-refractivity contribution in [3.8, 4) is 0 Å². The molecule has 1 aliphatic heterocycles. The summed E-state index contributed by atoms with van der Waals surface area (Å²) in [5, 5.41) is 0.